The third-order valence-electron chi connectivity index (χ3n) is 2.10. The van der Waals surface area contributed by atoms with Crippen LogP contribution in [-0.4, -0.2) is 12.1 Å². The van der Waals surface area contributed by atoms with Crippen molar-refractivity contribution in [3.63, 3.8) is 0 Å². The molecule has 1 atom stereocenters. The van der Waals surface area contributed by atoms with Gasteiger partial charge in [0, 0.05) is 14.0 Å². The zero-order valence-corrected chi connectivity index (χ0v) is 8.15. The summed E-state index contributed by atoms with van der Waals surface area (Å²) >= 11 is 0. The number of nitrogens with zero attached hydrogens (tertiary/aromatic N) is 1. The number of hydrogen-bond acceptors (Lipinski definition) is 4. The summed E-state index contributed by atoms with van der Waals surface area (Å²) in [5, 5.41) is 0. The van der Waals surface area contributed by atoms with E-state index in [1.165, 1.54) is 0 Å². The molecule has 0 saturated heterocycles. The van der Waals surface area contributed by atoms with Crippen LogP contribution < -0.4 is 5.73 Å². The summed E-state index contributed by atoms with van der Waals surface area (Å²) in [5.74, 6) is 0.656. The molecule has 0 aliphatic heterocycles. The SMILES string of the molecule is COC(N)c1ccc2nc(C)oc2c1. The van der Waals surface area contributed by atoms with Gasteiger partial charge >= 0.3 is 0 Å². The van der Waals surface area contributed by atoms with Crippen LogP contribution in [0.3, 0.4) is 0 Å². The van der Waals surface area contributed by atoms with Gasteiger partial charge in [0.05, 0.1) is 0 Å². The summed E-state index contributed by atoms with van der Waals surface area (Å²) in [6.45, 7) is 1.82. The maximum absolute atomic E-state index is 5.71. The molecular formula is C10H12N2O2. The van der Waals surface area contributed by atoms with Crippen molar-refractivity contribution in [3.8, 4) is 0 Å². The predicted octanol–water partition coefficient (Wildman–Crippen LogP) is 1.74. The summed E-state index contributed by atoms with van der Waals surface area (Å²) in [4.78, 5) is 4.19. The van der Waals surface area contributed by atoms with Crippen molar-refractivity contribution < 1.29 is 9.15 Å². The molecule has 0 saturated carbocycles. The van der Waals surface area contributed by atoms with Gasteiger partial charge in [0.25, 0.3) is 0 Å². The van der Waals surface area contributed by atoms with Gasteiger partial charge in [0.15, 0.2) is 11.5 Å². The molecule has 1 unspecified atom stereocenters. The lowest BCUT2D eigenvalue weighted by atomic mass is 10.2. The molecule has 0 fully saturated rings. The van der Waals surface area contributed by atoms with E-state index in [1.807, 2.05) is 25.1 Å². The Morgan fingerprint density at radius 2 is 2.29 bits per heavy atom. The molecule has 2 rings (SSSR count). The number of aromatic nitrogens is 1. The molecule has 1 aromatic carbocycles. The van der Waals surface area contributed by atoms with Crippen molar-refractivity contribution >= 4 is 11.1 Å². The molecule has 2 N–H and O–H groups in total. The number of ether oxygens (including phenoxy) is 1. The Bertz CT molecular complexity index is 450. The fourth-order valence-corrected chi connectivity index (χ4v) is 1.37. The molecule has 0 aliphatic rings. The van der Waals surface area contributed by atoms with Crippen LogP contribution in [0.4, 0.5) is 0 Å². The van der Waals surface area contributed by atoms with Gasteiger partial charge in [0.1, 0.15) is 11.7 Å². The van der Waals surface area contributed by atoms with E-state index in [9.17, 15) is 0 Å². The van der Waals surface area contributed by atoms with Crippen LogP contribution in [0.15, 0.2) is 22.6 Å². The largest absolute Gasteiger partial charge is 0.441 e. The Morgan fingerprint density at radius 3 is 3.00 bits per heavy atom. The lowest BCUT2D eigenvalue weighted by Crippen LogP contribution is -2.11. The van der Waals surface area contributed by atoms with Crippen LogP contribution in [0, 0.1) is 6.92 Å². The summed E-state index contributed by atoms with van der Waals surface area (Å²) in [5.41, 5.74) is 8.18. The molecule has 4 nitrogen and oxygen atoms in total. The molecule has 14 heavy (non-hydrogen) atoms. The summed E-state index contributed by atoms with van der Waals surface area (Å²) in [6.07, 6.45) is -0.412. The minimum Gasteiger partial charge on any atom is -0.441 e. The second-order valence-electron chi connectivity index (χ2n) is 3.12. The Hall–Kier alpha value is -1.39. The second kappa shape index (κ2) is 3.40. The van der Waals surface area contributed by atoms with E-state index in [-0.39, 0.29) is 0 Å². The highest BCUT2D eigenvalue weighted by Crippen LogP contribution is 2.20. The monoisotopic (exact) mass is 192 g/mol. The first-order valence-electron chi connectivity index (χ1n) is 4.36. The molecule has 0 spiro atoms. The van der Waals surface area contributed by atoms with Crippen molar-refractivity contribution in [2.45, 2.75) is 13.2 Å². The van der Waals surface area contributed by atoms with Gasteiger partial charge in [-0.3, -0.25) is 0 Å². The number of fused-ring (bicyclic) bond motifs is 1. The minimum absolute atomic E-state index is 0.412. The molecule has 4 heteroatoms. The molecule has 0 aliphatic carbocycles. The Labute approximate surface area is 81.7 Å². The van der Waals surface area contributed by atoms with Crippen molar-refractivity contribution in [2.75, 3.05) is 7.11 Å². The van der Waals surface area contributed by atoms with E-state index >= 15 is 0 Å². The van der Waals surface area contributed by atoms with Crippen LogP contribution in [0.2, 0.25) is 0 Å². The van der Waals surface area contributed by atoms with E-state index in [2.05, 4.69) is 4.98 Å². The Morgan fingerprint density at radius 1 is 1.50 bits per heavy atom. The van der Waals surface area contributed by atoms with Gasteiger partial charge in [-0.2, -0.15) is 0 Å². The maximum atomic E-state index is 5.71. The van der Waals surface area contributed by atoms with Crippen LogP contribution in [0.25, 0.3) is 11.1 Å². The van der Waals surface area contributed by atoms with E-state index < -0.39 is 6.23 Å². The summed E-state index contributed by atoms with van der Waals surface area (Å²) < 4.78 is 10.4. The number of hydrogen-bond donors (Lipinski definition) is 1. The lowest BCUT2D eigenvalue weighted by molar-refractivity contribution is 0.109. The molecule has 0 bridgehead atoms. The third kappa shape index (κ3) is 1.49. The Balaban J connectivity index is 2.50. The quantitative estimate of drug-likeness (QED) is 0.736. The minimum atomic E-state index is -0.412. The first-order chi connectivity index (χ1) is 6.70. The van der Waals surface area contributed by atoms with Crippen molar-refractivity contribution in [3.05, 3.63) is 29.7 Å². The Kier molecular flexibility index (Phi) is 2.23. The fourth-order valence-electron chi connectivity index (χ4n) is 1.37. The number of nitrogens with two attached hydrogens (primary N) is 1. The zero-order valence-electron chi connectivity index (χ0n) is 8.15. The first kappa shape index (κ1) is 9.18. The number of rotatable bonds is 2. The average molecular weight is 192 g/mol. The third-order valence-corrected chi connectivity index (χ3v) is 2.10. The van der Waals surface area contributed by atoms with Gasteiger partial charge in [0.2, 0.25) is 0 Å². The topological polar surface area (TPSA) is 61.3 Å². The van der Waals surface area contributed by atoms with E-state index in [1.54, 1.807) is 7.11 Å². The standard InChI is InChI=1S/C10H12N2O2/c1-6-12-8-4-3-7(10(11)13-2)5-9(8)14-6/h3-5,10H,11H2,1-2H3. The maximum Gasteiger partial charge on any atom is 0.192 e. The predicted molar refractivity (Wildman–Crippen MR) is 52.7 cm³/mol. The highest BCUT2D eigenvalue weighted by molar-refractivity contribution is 5.73. The molecule has 0 radical (unpaired) electrons. The number of methoxy groups -OCH3 is 1. The average Bonchev–Trinajstić information content (AvgIpc) is 2.55. The van der Waals surface area contributed by atoms with Crippen molar-refractivity contribution in [2.24, 2.45) is 5.73 Å². The molecule has 1 heterocycles. The fraction of sp³-hybridized carbons (Fsp3) is 0.300. The van der Waals surface area contributed by atoms with Crippen LogP contribution in [-0.2, 0) is 4.74 Å². The molecule has 0 amide bonds. The zero-order chi connectivity index (χ0) is 10.1. The number of oxazole rings is 1. The number of benzene rings is 1. The smallest absolute Gasteiger partial charge is 0.192 e. The van der Waals surface area contributed by atoms with Crippen molar-refractivity contribution in [1.29, 1.82) is 0 Å². The number of aryl methyl sites for hydroxylation is 1. The van der Waals surface area contributed by atoms with Gasteiger partial charge in [-0.1, -0.05) is 6.07 Å². The highest BCUT2D eigenvalue weighted by atomic mass is 16.5. The van der Waals surface area contributed by atoms with Gasteiger partial charge in [-0.15, -0.1) is 0 Å². The second-order valence-corrected chi connectivity index (χ2v) is 3.12. The van der Waals surface area contributed by atoms with E-state index in [0.717, 1.165) is 16.7 Å². The van der Waals surface area contributed by atoms with Crippen LogP contribution in [0.5, 0.6) is 0 Å². The van der Waals surface area contributed by atoms with Crippen molar-refractivity contribution in [1.82, 2.24) is 4.98 Å². The van der Waals surface area contributed by atoms with Gasteiger partial charge in [-0.25, -0.2) is 4.98 Å². The molecule has 2 aromatic rings. The lowest BCUT2D eigenvalue weighted by Gasteiger charge is -2.08. The first-order valence-corrected chi connectivity index (χ1v) is 4.36. The van der Waals surface area contributed by atoms with E-state index in [4.69, 9.17) is 14.9 Å². The normalized spacial score (nSPS) is 13.4. The highest BCUT2D eigenvalue weighted by Gasteiger charge is 2.07. The molecule has 1 aromatic heterocycles. The van der Waals surface area contributed by atoms with Crippen LogP contribution in [0.1, 0.15) is 17.7 Å². The summed E-state index contributed by atoms with van der Waals surface area (Å²) in [7, 11) is 1.57. The molecule has 74 valence electrons. The van der Waals surface area contributed by atoms with E-state index in [0.29, 0.717) is 5.89 Å². The van der Waals surface area contributed by atoms with Gasteiger partial charge < -0.3 is 14.9 Å². The molecular weight excluding hydrogens is 180 g/mol. The summed E-state index contributed by atoms with van der Waals surface area (Å²) in [6, 6.07) is 5.61. The van der Waals surface area contributed by atoms with Gasteiger partial charge in [-0.05, 0) is 17.7 Å². The van der Waals surface area contributed by atoms with Crippen LogP contribution >= 0.6 is 0 Å².